The van der Waals surface area contributed by atoms with E-state index in [1.807, 2.05) is 31.2 Å². The molecule has 2 amide bonds. The Morgan fingerprint density at radius 1 is 1.19 bits per heavy atom. The Morgan fingerprint density at radius 2 is 1.94 bits per heavy atom. The zero-order chi connectivity index (χ0) is 22.9. The molecule has 1 aromatic heterocycles. The quantitative estimate of drug-likeness (QED) is 0.183. The van der Waals surface area contributed by atoms with Crippen molar-refractivity contribution in [2.24, 2.45) is 11.8 Å². The lowest BCUT2D eigenvalue weighted by Gasteiger charge is -2.29. The van der Waals surface area contributed by atoms with Gasteiger partial charge in [-0.25, -0.2) is 5.48 Å². The maximum absolute atomic E-state index is 13.0. The van der Waals surface area contributed by atoms with E-state index < -0.39 is 17.9 Å². The van der Waals surface area contributed by atoms with Crippen LogP contribution in [-0.4, -0.2) is 48.1 Å². The summed E-state index contributed by atoms with van der Waals surface area (Å²) in [6.07, 6.45) is 5.93. The van der Waals surface area contributed by atoms with Gasteiger partial charge < -0.3 is 19.8 Å². The van der Waals surface area contributed by atoms with Crippen LogP contribution in [0.2, 0.25) is 0 Å². The molecule has 176 valence electrons. The van der Waals surface area contributed by atoms with Gasteiger partial charge in [-0.1, -0.05) is 25.1 Å². The molecule has 0 aliphatic heterocycles. The van der Waals surface area contributed by atoms with Crippen molar-refractivity contribution in [1.82, 2.24) is 15.8 Å². The number of benzene rings is 1. The maximum atomic E-state index is 13.0. The molecule has 1 saturated carbocycles. The number of hydroxylamine groups is 1. The predicted molar refractivity (Wildman–Crippen MR) is 121 cm³/mol. The van der Waals surface area contributed by atoms with E-state index in [0.717, 1.165) is 42.1 Å². The third-order valence-electron chi connectivity index (χ3n) is 6.37. The first-order valence-corrected chi connectivity index (χ1v) is 11.5. The van der Waals surface area contributed by atoms with E-state index in [1.165, 1.54) is 0 Å². The molecule has 3 rings (SSSR count). The van der Waals surface area contributed by atoms with E-state index in [1.54, 1.807) is 11.7 Å². The molecule has 1 heterocycles. The lowest BCUT2D eigenvalue weighted by atomic mass is 9.82. The normalized spacial score (nSPS) is 20.6. The lowest BCUT2D eigenvalue weighted by molar-refractivity contribution is -0.132. The van der Waals surface area contributed by atoms with Crippen LogP contribution in [0, 0.1) is 11.8 Å². The summed E-state index contributed by atoms with van der Waals surface area (Å²) >= 11 is 0. The standard InChI is InChI=1S/C24H35N3O5/c1-3-31-15-32-14-18(26-23(28)17-10-8-16(2)9-11-17)12-20(24(29)27-30)21-13-25-22-7-5-4-6-19(21)22/h4-7,13,16-18,20,25,30H,3,8-12,14-15H2,1-2H3,(H,26,28)(H,27,29)/t16?,17?,18-,20-/m0/s1. The molecule has 0 bridgehead atoms. The van der Waals surface area contributed by atoms with Crippen LogP contribution in [0.3, 0.4) is 0 Å². The fourth-order valence-electron chi connectivity index (χ4n) is 4.46. The number of hydrogen-bond acceptors (Lipinski definition) is 5. The van der Waals surface area contributed by atoms with Crippen molar-refractivity contribution in [3.8, 4) is 0 Å². The van der Waals surface area contributed by atoms with Gasteiger partial charge in [-0.3, -0.25) is 14.8 Å². The number of hydrogen-bond donors (Lipinski definition) is 4. The number of fused-ring (bicyclic) bond motifs is 1. The fourth-order valence-corrected chi connectivity index (χ4v) is 4.46. The summed E-state index contributed by atoms with van der Waals surface area (Å²) in [5.74, 6) is -0.541. The van der Waals surface area contributed by atoms with E-state index in [2.05, 4.69) is 17.2 Å². The van der Waals surface area contributed by atoms with Crippen LogP contribution in [0.15, 0.2) is 30.5 Å². The van der Waals surface area contributed by atoms with Gasteiger partial charge in [0.05, 0.1) is 18.6 Å². The highest BCUT2D eigenvalue weighted by Gasteiger charge is 2.30. The van der Waals surface area contributed by atoms with Crippen LogP contribution >= 0.6 is 0 Å². The van der Waals surface area contributed by atoms with Crippen LogP contribution in [0.25, 0.3) is 10.9 Å². The van der Waals surface area contributed by atoms with Gasteiger partial charge in [0.25, 0.3) is 5.91 Å². The number of aromatic nitrogens is 1. The molecule has 32 heavy (non-hydrogen) atoms. The van der Waals surface area contributed by atoms with E-state index in [0.29, 0.717) is 12.5 Å². The van der Waals surface area contributed by atoms with Crippen LogP contribution in [0.1, 0.15) is 57.4 Å². The Hall–Kier alpha value is -2.42. The molecule has 0 spiro atoms. The SMILES string of the molecule is CCOCOC[C@H](C[C@H](C(=O)NO)c1c[nH]c2ccccc12)NC(=O)C1CCC(C)CC1. The number of amides is 2. The average molecular weight is 446 g/mol. The minimum Gasteiger partial charge on any atom is -0.361 e. The van der Waals surface area contributed by atoms with Crippen molar-refractivity contribution >= 4 is 22.7 Å². The second-order valence-corrected chi connectivity index (χ2v) is 8.70. The number of rotatable bonds is 11. The van der Waals surface area contributed by atoms with Gasteiger partial charge >= 0.3 is 0 Å². The topological polar surface area (TPSA) is 113 Å². The van der Waals surface area contributed by atoms with E-state index >= 15 is 0 Å². The molecule has 8 heteroatoms. The molecule has 1 fully saturated rings. The Labute approximate surface area is 189 Å². The highest BCUT2D eigenvalue weighted by Crippen LogP contribution is 2.31. The van der Waals surface area contributed by atoms with Crippen LogP contribution < -0.4 is 10.8 Å². The second kappa shape index (κ2) is 12.0. The highest BCUT2D eigenvalue weighted by atomic mass is 16.7. The molecule has 1 aliphatic carbocycles. The molecule has 2 atom stereocenters. The Bertz CT molecular complexity index is 875. The minimum absolute atomic E-state index is 0.00370. The summed E-state index contributed by atoms with van der Waals surface area (Å²) in [5, 5.41) is 13.4. The zero-order valence-corrected chi connectivity index (χ0v) is 18.9. The van der Waals surface area contributed by atoms with Crippen molar-refractivity contribution < 1.29 is 24.3 Å². The van der Waals surface area contributed by atoms with E-state index in [9.17, 15) is 14.8 Å². The van der Waals surface area contributed by atoms with Gasteiger partial charge in [0.15, 0.2) is 0 Å². The van der Waals surface area contributed by atoms with Crippen molar-refractivity contribution in [3.63, 3.8) is 0 Å². The third-order valence-corrected chi connectivity index (χ3v) is 6.37. The predicted octanol–water partition coefficient (Wildman–Crippen LogP) is 3.47. The number of aromatic amines is 1. The van der Waals surface area contributed by atoms with Gasteiger partial charge in [-0.15, -0.1) is 0 Å². The number of nitrogens with one attached hydrogen (secondary N) is 3. The summed E-state index contributed by atoms with van der Waals surface area (Å²) in [7, 11) is 0. The first-order valence-electron chi connectivity index (χ1n) is 11.5. The summed E-state index contributed by atoms with van der Waals surface area (Å²) in [6, 6.07) is 7.28. The molecule has 2 aromatic rings. The smallest absolute Gasteiger partial charge is 0.251 e. The maximum Gasteiger partial charge on any atom is 0.251 e. The summed E-state index contributed by atoms with van der Waals surface area (Å²) in [5.41, 5.74) is 3.46. The Morgan fingerprint density at radius 3 is 2.66 bits per heavy atom. The first-order chi connectivity index (χ1) is 15.5. The summed E-state index contributed by atoms with van der Waals surface area (Å²) in [6.45, 7) is 4.96. The molecular weight excluding hydrogens is 410 g/mol. The molecule has 1 aromatic carbocycles. The monoisotopic (exact) mass is 445 g/mol. The molecule has 0 radical (unpaired) electrons. The van der Waals surface area contributed by atoms with Crippen LogP contribution in [0.4, 0.5) is 0 Å². The summed E-state index contributed by atoms with van der Waals surface area (Å²) in [4.78, 5) is 28.8. The molecular formula is C24H35N3O5. The van der Waals surface area contributed by atoms with Crippen LogP contribution in [-0.2, 0) is 19.1 Å². The zero-order valence-electron chi connectivity index (χ0n) is 18.9. The highest BCUT2D eigenvalue weighted by molar-refractivity contribution is 5.91. The number of para-hydroxylation sites is 1. The van der Waals surface area contributed by atoms with E-state index in [4.69, 9.17) is 9.47 Å². The van der Waals surface area contributed by atoms with Gasteiger partial charge in [-0.05, 0) is 56.6 Å². The van der Waals surface area contributed by atoms with Gasteiger partial charge in [0.2, 0.25) is 5.91 Å². The third kappa shape index (κ3) is 6.31. The molecule has 8 nitrogen and oxygen atoms in total. The number of carbonyl (C=O) groups is 2. The molecule has 1 aliphatic rings. The Kier molecular flexibility index (Phi) is 9.08. The first kappa shape index (κ1) is 24.2. The van der Waals surface area contributed by atoms with Gasteiger partial charge in [0.1, 0.15) is 6.79 Å². The van der Waals surface area contributed by atoms with Crippen molar-refractivity contribution in [3.05, 3.63) is 36.0 Å². The summed E-state index contributed by atoms with van der Waals surface area (Å²) < 4.78 is 10.9. The number of H-pyrrole nitrogens is 1. The molecule has 4 N–H and O–H groups in total. The molecule has 0 unspecified atom stereocenters. The Balaban J connectivity index is 1.76. The number of ether oxygens (including phenoxy) is 2. The average Bonchev–Trinajstić information content (AvgIpc) is 3.23. The van der Waals surface area contributed by atoms with Gasteiger partial charge in [-0.2, -0.15) is 0 Å². The van der Waals surface area contributed by atoms with E-state index in [-0.39, 0.29) is 31.6 Å². The van der Waals surface area contributed by atoms with Crippen molar-refractivity contribution in [2.75, 3.05) is 20.0 Å². The molecule has 0 saturated heterocycles. The minimum atomic E-state index is -0.663. The largest absolute Gasteiger partial charge is 0.361 e. The van der Waals surface area contributed by atoms with Crippen LogP contribution in [0.5, 0.6) is 0 Å². The number of carbonyl (C=O) groups excluding carboxylic acids is 2. The lowest BCUT2D eigenvalue weighted by Crippen LogP contribution is -2.44. The van der Waals surface area contributed by atoms with Crippen molar-refractivity contribution in [1.29, 1.82) is 0 Å². The second-order valence-electron chi connectivity index (χ2n) is 8.70. The van der Waals surface area contributed by atoms with Crippen molar-refractivity contribution in [2.45, 2.75) is 57.9 Å². The van der Waals surface area contributed by atoms with Gasteiger partial charge in [0, 0.05) is 29.6 Å². The fraction of sp³-hybridized carbons (Fsp3) is 0.583.